The zero-order valence-electron chi connectivity index (χ0n) is 17.3. The average Bonchev–Trinajstić information content (AvgIpc) is 2.74. The molecule has 1 aliphatic heterocycles. The first-order valence-electron chi connectivity index (χ1n) is 10.1. The molecule has 1 atom stereocenters. The largest absolute Gasteiger partial charge is 0.323 e. The highest BCUT2D eigenvalue weighted by atomic mass is 32.2. The van der Waals surface area contributed by atoms with Crippen molar-refractivity contribution in [3.05, 3.63) is 60.2 Å². The quantitative estimate of drug-likeness (QED) is 0.753. The van der Waals surface area contributed by atoms with Crippen LogP contribution >= 0.6 is 0 Å². The van der Waals surface area contributed by atoms with Gasteiger partial charge in [-0.05, 0) is 42.7 Å². The number of anilines is 1. The van der Waals surface area contributed by atoms with Crippen LogP contribution in [-0.2, 0) is 14.8 Å². The number of nitrogens with one attached hydrogen (secondary N) is 2. The fraction of sp³-hybridized carbons (Fsp3) is 0.409. The second-order valence-electron chi connectivity index (χ2n) is 7.86. The van der Waals surface area contributed by atoms with Gasteiger partial charge in [-0.1, -0.05) is 44.2 Å². The van der Waals surface area contributed by atoms with Gasteiger partial charge in [-0.15, -0.1) is 0 Å². The van der Waals surface area contributed by atoms with Gasteiger partial charge in [-0.2, -0.15) is 4.31 Å². The van der Waals surface area contributed by atoms with Crippen LogP contribution in [0, 0.1) is 0 Å². The molecule has 0 saturated carbocycles. The van der Waals surface area contributed by atoms with Gasteiger partial charge in [0, 0.05) is 5.69 Å². The summed E-state index contributed by atoms with van der Waals surface area (Å²) in [5.41, 5.74) is 2.02. The van der Waals surface area contributed by atoms with E-state index in [-0.39, 0.29) is 11.9 Å². The SMILES string of the molecule is CC(C)c1ccc(NC(=O)[C@@H](C)[NH+]2CCN(S(=O)(=O)c3ccccc3)CC2)cc1. The molecule has 2 N–H and O–H groups in total. The van der Waals surface area contributed by atoms with Gasteiger partial charge in [0.25, 0.3) is 5.91 Å². The number of carbonyl (C=O) groups is 1. The van der Waals surface area contributed by atoms with Gasteiger partial charge in [-0.3, -0.25) is 4.79 Å². The minimum Gasteiger partial charge on any atom is -0.323 e. The van der Waals surface area contributed by atoms with Crippen molar-refractivity contribution in [2.75, 3.05) is 31.5 Å². The summed E-state index contributed by atoms with van der Waals surface area (Å²) in [5.74, 6) is 0.406. The number of rotatable bonds is 6. The molecule has 0 bridgehead atoms. The fourth-order valence-electron chi connectivity index (χ4n) is 3.58. The number of quaternary nitrogens is 1. The monoisotopic (exact) mass is 416 g/mol. The topological polar surface area (TPSA) is 70.9 Å². The van der Waals surface area contributed by atoms with Gasteiger partial charge in [0.2, 0.25) is 10.0 Å². The van der Waals surface area contributed by atoms with Crippen molar-refractivity contribution in [2.45, 2.75) is 37.6 Å². The molecule has 1 amide bonds. The van der Waals surface area contributed by atoms with Crippen molar-refractivity contribution in [3.8, 4) is 0 Å². The molecule has 29 heavy (non-hydrogen) atoms. The number of hydrogen-bond acceptors (Lipinski definition) is 3. The molecule has 1 aliphatic rings. The Hall–Kier alpha value is -2.22. The van der Waals surface area contributed by atoms with Crippen molar-refractivity contribution in [3.63, 3.8) is 0 Å². The summed E-state index contributed by atoms with van der Waals surface area (Å²) in [6, 6.07) is 16.2. The van der Waals surface area contributed by atoms with Gasteiger partial charge in [0.1, 0.15) is 0 Å². The lowest BCUT2D eigenvalue weighted by Crippen LogP contribution is -3.19. The van der Waals surface area contributed by atoms with E-state index in [2.05, 4.69) is 19.2 Å². The third-order valence-corrected chi connectivity index (χ3v) is 7.51. The van der Waals surface area contributed by atoms with Gasteiger partial charge in [-0.25, -0.2) is 8.42 Å². The van der Waals surface area contributed by atoms with Crippen LogP contribution in [0.15, 0.2) is 59.5 Å². The zero-order chi connectivity index (χ0) is 21.0. The summed E-state index contributed by atoms with van der Waals surface area (Å²) in [6.45, 7) is 8.20. The molecular weight excluding hydrogens is 386 g/mol. The Morgan fingerprint density at radius 1 is 0.966 bits per heavy atom. The first-order valence-corrected chi connectivity index (χ1v) is 11.5. The van der Waals surface area contributed by atoms with Crippen molar-refractivity contribution in [2.24, 2.45) is 0 Å². The molecule has 0 unspecified atom stereocenters. The Balaban J connectivity index is 1.56. The molecule has 0 aromatic heterocycles. The number of sulfonamides is 1. The standard InChI is InChI=1S/C22H29N3O3S/c1-17(2)19-9-11-20(12-10-19)23-22(26)18(3)24-13-15-25(16-14-24)29(27,28)21-7-5-4-6-8-21/h4-12,17-18H,13-16H2,1-3H3,(H,23,26)/p+1/t18-/m1/s1. The number of hydrogen-bond donors (Lipinski definition) is 2. The van der Waals surface area contributed by atoms with Crippen LogP contribution in [0.3, 0.4) is 0 Å². The summed E-state index contributed by atoms with van der Waals surface area (Å²) < 4.78 is 27.0. The summed E-state index contributed by atoms with van der Waals surface area (Å²) >= 11 is 0. The van der Waals surface area contributed by atoms with E-state index in [9.17, 15) is 13.2 Å². The molecule has 1 fully saturated rings. The lowest BCUT2D eigenvalue weighted by molar-refractivity contribution is -0.917. The van der Waals surface area contributed by atoms with Gasteiger partial charge < -0.3 is 10.2 Å². The highest BCUT2D eigenvalue weighted by molar-refractivity contribution is 7.89. The minimum atomic E-state index is -3.47. The lowest BCUT2D eigenvalue weighted by Gasteiger charge is -2.34. The summed E-state index contributed by atoms with van der Waals surface area (Å²) in [7, 11) is -3.47. The van der Waals surface area contributed by atoms with Crippen LogP contribution in [0.5, 0.6) is 0 Å². The van der Waals surface area contributed by atoms with Crippen LogP contribution in [0.25, 0.3) is 0 Å². The van der Waals surface area contributed by atoms with E-state index >= 15 is 0 Å². The molecule has 2 aromatic rings. The highest BCUT2D eigenvalue weighted by Gasteiger charge is 2.34. The van der Waals surface area contributed by atoms with E-state index in [0.717, 1.165) is 10.6 Å². The van der Waals surface area contributed by atoms with Crippen LogP contribution in [-0.4, -0.2) is 50.9 Å². The number of benzene rings is 2. The van der Waals surface area contributed by atoms with Crippen molar-refractivity contribution in [1.82, 2.24) is 4.31 Å². The third kappa shape index (κ3) is 5.04. The maximum atomic E-state index is 12.8. The number of carbonyl (C=O) groups excluding carboxylic acids is 1. The summed E-state index contributed by atoms with van der Waals surface area (Å²) in [4.78, 5) is 14.1. The number of amides is 1. The van der Waals surface area contributed by atoms with Gasteiger partial charge in [0.15, 0.2) is 6.04 Å². The van der Waals surface area contributed by atoms with Gasteiger partial charge in [0.05, 0.1) is 31.1 Å². The smallest absolute Gasteiger partial charge is 0.282 e. The Bertz CT molecular complexity index is 920. The molecule has 6 nitrogen and oxygen atoms in total. The lowest BCUT2D eigenvalue weighted by atomic mass is 10.0. The summed E-state index contributed by atoms with van der Waals surface area (Å²) in [6.07, 6.45) is 0. The third-order valence-electron chi connectivity index (χ3n) is 5.60. The average molecular weight is 417 g/mol. The van der Waals surface area contributed by atoms with E-state index in [4.69, 9.17) is 0 Å². The van der Waals surface area contributed by atoms with Crippen molar-refractivity contribution in [1.29, 1.82) is 0 Å². The second-order valence-corrected chi connectivity index (χ2v) is 9.80. The summed E-state index contributed by atoms with van der Waals surface area (Å²) in [5, 5.41) is 2.98. The second kappa shape index (κ2) is 9.07. The van der Waals surface area contributed by atoms with Crippen LogP contribution in [0.1, 0.15) is 32.3 Å². The fourth-order valence-corrected chi connectivity index (χ4v) is 5.04. The molecule has 7 heteroatoms. The predicted molar refractivity (Wildman–Crippen MR) is 115 cm³/mol. The number of piperazine rings is 1. The Labute approximate surface area is 173 Å². The predicted octanol–water partition coefficient (Wildman–Crippen LogP) is 1.73. The molecule has 0 radical (unpaired) electrons. The van der Waals surface area contributed by atoms with E-state index in [1.807, 2.05) is 31.2 Å². The molecular formula is C22H30N3O3S+. The molecule has 3 rings (SSSR count). The van der Waals surface area contributed by atoms with E-state index < -0.39 is 10.0 Å². The van der Waals surface area contributed by atoms with Gasteiger partial charge >= 0.3 is 0 Å². The molecule has 0 spiro atoms. The first-order chi connectivity index (χ1) is 13.8. The van der Waals surface area contributed by atoms with Crippen LogP contribution < -0.4 is 10.2 Å². The van der Waals surface area contributed by atoms with E-state index in [1.54, 1.807) is 30.3 Å². The molecule has 0 aliphatic carbocycles. The van der Waals surface area contributed by atoms with Crippen LogP contribution in [0.2, 0.25) is 0 Å². The Kier molecular flexibility index (Phi) is 6.72. The Morgan fingerprint density at radius 2 is 1.55 bits per heavy atom. The van der Waals surface area contributed by atoms with E-state index in [0.29, 0.717) is 37.0 Å². The highest BCUT2D eigenvalue weighted by Crippen LogP contribution is 2.17. The van der Waals surface area contributed by atoms with E-state index in [1.165, 1.54) is 9.87 Å². The molecule has 2 aromatic carbocycles. The first kappa shape index (κ1) is 21.5. The normalized spacial score (nSPS) is 17.2. The molecule has 1 heterocycles. The van der Waals surface area contributed by atoms with Crippen molar-refractivity contribution < 1.29 is 18.1 Å². The molecule has 156 valence electrons. The number of nitrogens with zero attached hydrogens (tertiary/aromatic N) is 1. The van der Waals surface area contributed by atoms with Crippen molar-refractivity contribution >= 4 is 21.6 Å². The maximum Gasteiger partial charge on any atom is 0.282 e. The van der Waals surface area contributed by atoms with Crippen LogP contribution in [0.4, 0.5) is 5.69 Å². The minimum absolute atomic E-state index is 0.0448. The maximum absolute atomic E-state index is 12.8. The zero-order valence-corrected chi connectivity index (χ0v) is 18.1. The Morgan fingerprint density at radius 3 is 2.10 bits per heavy atom. The molecule has 1 saturated heterocycles.